The van der Waals surface area contributed by atoms with E-state index >= 15 is 0 Å². The highest BCUT2D eigenvalue weighted by Gasteiger charge is 2.70. The van der Waals surface area contributed by atoms with Gasteiger partial charge in [-0.05, 0) is 60.2 Å². The van der Waals surface area contributed by atoms with Crippen LogP contribution in [0.4, 0.5) is 0 Å². The summed E-state index contributed by atoms with van der Waals surface area (Å²) in [5, 5.41) is 40.5. The molecule has 0 aromatic rings. The number of aliphatic hydroxyl groups excluding tert-OH is 2. The Morgan fingerprint density at radius 2 is 1.18 bits per heavy atom. The van der Waals surface area contributed by atoms with Gasteiger partial charge in [-0.15, -0.1) is 0 Å². The van der Waals surface area contributed by atoms with Crippen molar-refractivity contribution in [1.82, 2.24) is 16.0 Å². The molecule has 0 fully saturated rings. The number of carbonyl (C=O) groups is 4. The number of aliphatic carboxylic acids is 1. The number of esters is 1. The minimum Gasteiger partial charge on any atom is -0.478 e. The molecule has 0 bridgehead atoms. The van der Waals surface area contributed by atoms with E-state index in [1.165, 1.54) is 41.9 Å². The van der Waals surface area contributed by atoms with Crippen molar-refractivity contribution >= 4 is 23.5 Å². The van der Waals surface area contributed by atoms with Crippen molar-refractivity contribution in [2.45, 2.75) is 110 Å². The van der Waals surface area contributed by atoms with Crippen LogP contribution >= 0.6 is 0 Å². The molecule has 38 heavy (non-hydrogen) atoms. The number of carbonyl (C=O) groups excluding carboxylic acids is 3. The van der Waals surface area contributed by atoms with Gasteiger partial charge >= 0.3 is 11.9 Å². The molecule has 0 saturated carbocycles. The Morgan fingerprint density at radius 1 is 0.737 bits per heavy atom. The quantitative estimate of drug-likeness (QED) is 0.100. The lowest BCUT2D eigenvalue weighted by Gasteiger charge is -2.49. The Morgan fingerprint density at radius 3 is 1.53 bits per heavy atom. The number of hydrogen-bond acceptors (Lipinski definition) is 10. The molecular weight excluding hydrogens is 494 g/mol. The molecule has 9 atom stereocenters. The molecule has 4 unspecified atom stereocenters. The van der Waals surface area contributed by atoms with Crippen LogP contribution < -0.4 is 16.0 Å². The van der Waals surface area contributed by atoms with E-state index < -0.39 is 77.7 Å². The van der Waals surface area contributed by atoms with Crippen LogP contribution in [0.25, 0.3) is 0 Å². The van der Waals surface area contributed by atoms with Crippen LogP contribution in [0.2, 0.25) is 0 Å². The molecular formula is C27H51N3O8. The summed E-state index contributed by atoms with van der Waals surface area (Å²) in [6.45, 7) is 11.4. The van der Waals surface area contributed by atoms with E-state index in [1.807, 2.05) is 13.8 Å². The van der Waals surface area contributed by atoms with E-state index in [4.69, 9.17) is 4.74 Å². The highest BCUT2D eigenvalue weighted by atomic mass is 16.6. The smallest absolute Gasteiger partial charge is 0.349 e. The minimum atomic E-state index is -2.82. The highest BCUT2D eigenvalue weighted by molar-refractivity contribution is 6.16. The van der Waals surface area contributed by atoms with Crippen LogP contribution in [0, 0.1) is 17.3 Å². The molecule has 0 amide bonds. The van der Waals surface area contributed by atoms with Gasteiger partial charge in [0.25, 0.3) is 0 Å². The number of carboxylic acid groups (broad SMARTS) is 1. The van der Waals surface area contributed by atoms with Crippen molar-refractivity contribution in [2.24, 2.45) is 17.3 Å². The molecule has 11 nitrogen and oxygen atoms in total. The molecule has 6 N–H and O–H groups in total. The number of likely N-dealkylation sites (N-methyl/N-ethyl adjacent to an activating group) is 3. The Hall–Kier alpha value is -1.92. The Bertz CT molecular complexity index is 805. The lowest BCUT2D eigenvalue weighted by Crippen LogP contribution is -2.71. The zero-order chi connectivity index (χ0) is 30.0. The Labute approximate surface area is 227 Å². The first-order chi connectivity index (χ1) is 17.6. The summed E-state index contributed by atoms with van der Waals surface area (Å²) in [5.74, 6) is -5.00. The lowest BCUT2D eigenvalue weighted by molar-refractivity contribution is -0.209. The third kappa shape index (κ3) is 7.59. The van der Waals surface area contributed by atoms with Crippen molar-refractivity contribution in [3.8, 4) is 0 Å². The molecule has 0 radical (unpaired) electrons. The van der Waals surface area contributed by atoms with Crippen LogP contribution in [0.3, 0.4) is 0 Å². The Balaban J connectivity index is 7.87. The molecule has 0 heterocycles. The fraction of sp³-hybridized carbons (Fsp3) is 0.852. The first-order valence-electron chi connectivity index (χ1n) is 13.5. The van der Waals surface area contributed by atoms with Crippen molar-refractivity contribution < 1.29 is 39.2 Å². The topological polar surface area (TPSA) is 174 Å². The summed E-state index contributed by atoms with van der Waals surface area (Å²) in [6, 6.07) is -3.00. The molecule has 0 saturated heterocycles. The van der Waals surface area contributed by atoms with E-state index in [-0.39, 0.29) is 11.8 Å². The maximum atomic E-state index is 14.6. The van der Waals surface area contributed by atoms with Gasteiger partial charge in [-0.25, -0.2) is 4.79 Å². The van der Waals surface area contributed by atoms with E-state index in [9.17, 15) is 34.5 Å². The zero-order valence-corrected chi connectivity index (χ0v) is 24.8. The number of ether oxygens (including phenoxy) is 1. The van der Waals surface area contributed by atoms with Crippen LogP contribution in [-0.4, -0.2) is 95.9 Å². The number of aliphatic hydroxyl groups is 2. The van der Waals surface area contributed by atoms with Crippen LogP contribution in [0.15, 0.2) is 0 Å². The number of ketones is 2. The van der Waals surface area contributed by atoms with E-state index in [2.05, 4.69) is 16.0 Å². The summed E-state index contributed by atoms with van der Waals surface area (Å²) < 4.78 is 5.83. The van der Waals surface area contributed by atoms with Gasteiger partial charge in [0.05, 0.1) is 24.3 Å². The van der Waals surface area contributed by atoms with E-state index in [1.54, 1.807) is 13.8 Å². The molecule has 222 valence electrons. The van der Waals surface area contributed by atoms with Gasteiger partial charge in [-0.3, -0.25) is 14.4 Å². The second kappa shape index (κ2) is 15.6. The Kier molecular flexibility index (Phi) is 14.8. The van der Waals surface area contributed by atoms with Gasteiger partial charge in [0.1, 0.15) is 11.5 Å². The maximum absolute atomic E-state index is 14.6. The number of hydrogen-bond donors (Lipinski definition) is 6. The molecule has 0 aliphatic rings. The van der Waals surface area contributed by atoms with Gasteiger partial charge in [-0.1, -0.05) is 40.5 Å². The van der Waals surface area contributed by atoms with Gasteiger partial charge < -0.3 is 36.0 Å². The van der Waals surface area contributed by atoms with Gasteiger partial charge in [0, 0.05) is 6.42 Å². The molecule has 0 aromatic carbocycles. The first-order valence-corrected chi connectivity index (χ1v) is 13.5. The van der Waals surface area contributed by atoms with Crippen LogP contribution in [0.1, 0.15) is 74.1 Å². The summed E-state index contributed by atoms with van der Waals surface area (Å²) in [7, 11) is 4.53. The van der Waals surface area contributed by atoms with Crippen LogP contribution in [0.5, 0.6) is 0 Å². The van der Waals surface area contributed by atoms with Crippen molar-refractivity contribution in [2.75, 3.05) is 21.1 Å². The summed E-state index contributed by atoms with van der Waals surface area (Å²) in [4.78, 5) is 55.7. The molecule has 11 heteroatoms. The monoisotopic (exact) mass is 545 g/mol. The average Bonchev–Trinajstić information content (AvgIpc) is 2.85. The van der Waals surface area contributed by atoms with Crippen molar-refractivity contribution in [1.29, 1.82) is 0 Å². The fourth-order valence-electron chi connectivity index (χ4n) is 5.14. The number of rotatable bonds is 19. The minimum absolute atomic E-state index is 0.274. The van der Waals surface area contributed by atoms with Gasteiger partial charge in [0.15, 0.2) is 11.6 Å². The third-order valence-electron chi connectivity index (χ3n) is 7.75. The van der Waals surface area contributed by atoms with Crippen LogP contribution in [-0.2, 0) is 23.9 Å². The summed E-state index contributed by atoms with van der Waals surface area (Å²) in [5.41, 5.74) is -5.37. The highest BCUT2D eigenvalue weighted by Crippen LogP contribution is 2.47. The third-order valence-corrected chi connectivity index (χ3v) is 7.75. The number of nitrogens with one attached hydrogen (secondary N) is 3. The van der Waals surface area contributed by atoms with E-state index in [0.29, 0.717) is 12.8 Å². The molecule has 0 aliphatic heterocycles. The number of carboxylic acids is 1. The number of Topliss-reactive ketones (excluding diaryl/α,β-unsaturated/α-hetero) is 2. The maximum Gasteiger partial charge on any atom is 0.349 e. The molecule has 0 spiro atoms. The van der Waals surface area contributed by atoms with Crippen molar-refractivity contribution in [3.05, 3.63) is 0 Å². The summed E-state index contributed by atoms with van der Waals surface area (Å²) >= 11 is 0. The molecule has 0 aromatic heterocycles. The SMILES string of the molecule is CC[C@H](C)[C@@H](NC)C(=O)OC(CC(C)O)(C(=O)O)C(CC(C)O)(C(=O)[C@@H](C)NC)C(=O)[C@H](NC)[C@@H](C)CC. The largest absolute Gasteiger partial charge is 0.478 e. The fourth-order valence-corrected chi connectivity index (χ4v) is 5.14. The van der Waals surface area contributed by atoms with Gasteiger partial charge in [-0.2, -0.15) is 0 Å². The lowest BCUT2D eigenvalue weighted by atomic mass is 9.57. The molecule has 0 rings (SSSR count). The first kappa shape index (κ1) is 36.1. The molecule has 0 aliphatic carbocycles. The van der Waals surface area contributed by atoms with Gasteiger partial charge in [0.2, 0.25) is 5.60 Å². The predicted molar refractivity (Wildman–Crippen MR) is 145 cm³/mol. The average molecular weight is 546 g/mol. The zero-order valence-electron chi connectivity index (χ0n) is 24.8. The second-order valence-electron chi connectivity index (χ2n) is 10.6. The standard InChI is InChI=1S/C27H51N3O8/c1-11-15(3)20(29-9)23(34)26(13-17(5)31,22(33)19(7)28-8)27(25(36)37,14-18(6)32)38-24(35)21(30-10)16(4)12-2/h15-21,28-32H,11-14H2,1-10H3,(H,36,37)/t15-,16-,17?,18?,19+,20+,21+,26?,27?/m0/s1. The predicted octanol–water partition coefficient (Wildman–Crippen LogP) is 0.896. The normalized spacial score (nSPS) is 20.5. The second-order valence-corrected chi connectivity index (χ2v) is 10.6. The summed E-state index contributed by atoms with van der Waals surface area (Å²) in [6.07, 6.45) is -3.02. The van der Waals surface area contributed by atoms with E-state index in [0.717, 1.165) is 0 Å². The van der Waals surface area contributed by atoms with Crippen molar-refractivity contribution in [3.63, 3.8) is 0 Å².